The largest absolute Gasteiger partial charge is 0.362 e. The molecule has 0 amide bonds. The van der Waals surface area contributed by atoms with Crippen molar-refractivity contribution in [2.24, 2.45) is 0 Å². The minimum Gasteiger partial charge on any atom is -0.362 e. The van der Waals surface area contributed by atoms with E-state index in [0.29, 0.717) is 5.56 Å². The predicted octanol–water partition coefficient (Wildman–Crippen LogP) is 2.68. The van der Waals surface area contributed by atoms with E-state index < -0.39 is 5.79 Å². The molecule has 0 spiro atoms. The normalized spacial score (nSPS) is 11.6. The second-order valence-electron chi connectivity index (χ2n) is 4.86. The molecule has 0 fully saturated rings. The Kier molecular flexibility index (Phi) is 3.50. The fourth-order valence-electron chi connectivity index (χ4n) is 2.19. The molecule has 0 aliphatic rings. The minimum atomic E-state index is -1.82. The maximum absolute atomic E-state index is 10.2. The predicted molar refractivity (Wildman–Crippen MR) is 72.2 cm³/mol. The van der Waals surface area contributed by atoms with Crippen LogP contribution in [-0.4, -0.2) is 10.2 Å². The van der Waals surface area contributed by atoms with Crippen LogP contribution >= 0.6 is 0 Å². The zero-order valence-electron chi connectivity index (χ0n) is 10.7. The Hall–Kier alpha value is -1.64. The zero-order valence-corrected chi connectivity index (χ0v) is 10.7. The molecular weight excluding hydrogens is 224 g/mol. The molecule has 2 aromatic rings. The third kappa shape index (κ3) is 2.97. The van der Waals surface area contributed by atoms with E-state index in [4.69, 9.17) is 0 Å². The van der Waals surface area contributed by atoms with Crippen LogP contribution in [0.25, 0.3) is 0 Å². The molecule has 2 N–H and O–H groups in total. The average molecular weight is 242 g/mol. The van der Waals surface area contributed by atoms with Crippen LogP contribution in [0.2, 0.25) is 0 Å². The summed E-state index contributed by atoms with van der Waals surface area (Å²) in [7, 11) is 0. The van der Waals surface area contributed by atoms with Gasteiger partial charge in [-0.15, -0.1) is 0 Å². The van der Waals surface area contributed by atoms with Crippen LogP contribution in [0.4, 0.5) is 0 Å². The van der Waals surface area contributed by atoms with Crippen LogP contribution in [0.5, 0.6) is 0 Å². The molecule has 0 saturated carbocycles. The molecule has 0 atom stereocenters. The Balaban J connectivity index is 2.30. The Morgan fingerprint density at radius 1 is 0.889 bits per heavy atom. The molecule has 0 aromatic heterocycles. The topological polar surface area (TPSA) is 40.5 Å². The highest BCUT2D eigenvalue weighted by atomic mass is 16.5. The molecule has 0 radical (unpaired) electrons. The Bertz CT molecular complexity index is 510. The van der Waals surface area contributed by atoms with Crippen molar-refractivity contribution >= 4 is 0 Å². The summed E-state index contributed by atoms with van der Waals surface area (Å²) in [6.07, 6.45) is 0.191. The molecule has 94 valence electrons. The van der Waals surface area contributed by atoms with E-state index >= 15 is 0 Å². The highest BCUT2D eigenvalue weighted by Gasteiger charge is 2.26. The Morgan fingerprint density at radius 3 is 2.00 bits per heavy atom. The lowest BCUT2D eigenvalue weighted by atomic mass is 9.95. The fourth-order valence-corrected chi connectivity index (χ4v) is 2.19. The van der Waals surface area contributed by atoms with Gasteiger partial charge in [0.15, 0.2) is 5.79 Å². The van der Waals surface area contributed by atoms with Gasteiger partial charge in [0.25, 0.3) is 0 Å². The molecule has 2 aromatic carbocycles. The Morgan fingerprint density at radius 2 is 1.44 bits per heavy atom. The van der Waals surface area contributed by atoms with Gasteiger partial charge in [0.1, 0.15) is 0 Å². The summed E-state index contributed by atoms with van der Waals surface area (Å²) in [6, 6.07) is 15.1. The third-order valence-electron chi connectivity index (χ3n) is 2.98. The number of aliphatic hydroxyl groups is 2. The van der Waals surface area contributed by atoms with Crippen molar-refractivity contribution in [2.45, 2.75) is 26.1 Å². The van der Waals surface area contributed by atoms with E-state index in [9.17, 15) is 10.2 Å². The summed E-state index contributed by atoms with van der Waals surface area (Å²) in [4.78, 5) is 0. The first-order valence-corrected chi connectivity index (χ1v) is 6.05. The lowest BCUT2D eigenvalue weighted by molar-refractivity contribution is -0.168. The van der Waals surface area contributed by atoms with E-state index in [-0.39, 0.29) is 6.42 Å². The van der Waals surface area contributed by atoms with Gasteiger partial charge in [-0.1, -0.05) is 59.7 Å². The van der Waals surface area contributed by atoms with E-state index in [1.54, 1.807) is 0 Å². The van der Waals surface area contributed by atoms with E-state index in [1.807, 2.05) is 62.4 Å². The van der Waals surface area contributed by atoms with Crippen molar-refractivity contribution in [3.63, 3.8) is 0 Å². The first kappa shape index (κ1) is 12.8. The molecule has 0 aliphatic heterocycles. The van der Waals surface area contributed by atoms with Crippen molar-refractivity contribution in [3.8, 4) is 0 Å². The van der Waals surface area contributed by atoms with Crippen molar-refractivity contribution < 1.29 is 10.2 Å². The molecule has 0 unspecified atom stereocenters. The minimum absolute atomic E-state index is 0.191. The summed E-state index contributed by atoms with van der Waals surface area (Å²) < 4.78 is 0. The van der Waals surface area contributed by atoms with Crippen LogP contribution in [0, 0.1) is 13.8 Å². The van der Waals surface area contributed by atoms with Gasteiger partial charge in [0, 0.05) is 12.0 Å². The van der Waals surface area contributed by atoms with Crippen molar-refractivity contribution in [2.75, 3.05) is 0 Å². The van der Waals surface area contributed by atoms with Crippen molar-refractivity contribution in [1.29, 1.82) is 0 Å². The highest BCUT2D eigenvalue weighted by molar-refractivity contribution is 5.32. The zero-order chi connectivity index (χ0) is 13.2. The first-order valence-electron chi connectivity index (χ1n) is 6.05. The van der Waals surface area contributed by atoms with E-state index in [1.165, 1.54) is 0 Å². The molecule has 2 rings (SSSR count). The highest BCUT2D eigenvalue weighted by Crippen LogP contribution is 2.24. The van der Waals surface area contributed by atoms with Crippen LogP contribution in [-0.2, 0) is 12.2 Å². The molecule has 0 aliphatic carbocycles. The number of rotatable bonds is 3. The molecule has 0 saturated heterocycles. The van der Waals surface area contributed by atoms with Gasteiger partial charge in [-0.25, -0.2) is 0 Å². The molecule has 2 heteroatoms. The summed E-state index contributed by atoms with van der Waals surface area (Å²) in [5.41, 5.74) is 3.52. The molecule has 0 bridgehead atoms. The SMILES string of the molecule is Cc1cc(C)cc(C(O)(O)Cc2ccccc2)c1. The van der Waals surface area contributed by atoms with Crippen LogP contribution in [0.15, 0.2) is 48.5 Å². The number of aryl methyl sites for hydroxylation is 2. The van der Waals surface area contributed by atoms with Crippen LogP contribution < -0.4 is 0 Å². The number of benzene rings is 2. The maximum Gasteiger partial charge on any atom is 0.193 e. The quantitative estimate of drug-likeness (QED) is 0.812. The van der Waals surface area contributed by atoms with Gasteiger partial charge in [0.05, 0.1) is 0 Å². The second-order valence-corrected chi connectivity index (χ2v) is 4.86. The van der Waals surface area contributed by atoms with E-state index in [2.05, 4.69) is 0 Å². The third-order valence-corrected chi connectivity index (χ3v) is 2.98. The van der Waals surface area contributed by atoms with Gasteiger partial charge in [0.2, 0.25) is 0 Å². The maximum atomic E-state index is 10.2. The van der Waals surface area contributed by atoms with Crippen molar-refractivity contribution in [3.05, 3.63) is 70.8 Å². The lowest BCUT2D eigenvalue weighted by Gasteiger charge is -2.23. The smallest absolute Gasteiger partial charge is 0.193 e. The molecule has 2 nitrogen and oxygen atoms in total. The monoisotopic (exact) mass is 242 g/mol. The summed E-state index contributed by atoms with van der Waals surface area (Å²) >= 11 is 0. The van der Waals surface area contributed by atoms with Gasteiger partial charge in [-0.3, -0.25) is 0 Å². The van der Waals surface area contributed by atoms with Crippen molar-refractivity contribution in [1.82, 2.24) is 0 Å². The fraction of sp³-hybridized carbons (Fsp3) is 0.250. The van der Waals surface area contributed by atoms with Gasteiger partial charge in [-0.05, 0) is 19.4 Å². The lowest BCUT2D eigenvalue weighted by Crippen LogP contribution is -2.28. The van der Waals surface area contributed by atoms with Gasteiger partial charge < -0.3 is 10.2 Å². The average Bonchev–Trinajstić information content (AvgIpc) is 2.28. The number of hydrogen-bond acceptors (Lipinski definition) is 2. The first-order chi connectivity index (χ1) is 8.47. The summed E-state index contributed by atoms with van der Waals surface area (Å²) in [5.74, 6) is -1.82. The molecule has 0 heterocycles. The second kappa shape index (κ2) is 4.92. The van der Waals surface area contributed by atoms with Crippen LogP contribution in [0.3, 0.4) is 0 Å². The summed E-state index contributed by atoms with van der Waals surface area (Å²) in [6.45, 7) is 3.91. The standard InChI is InChI=1S/C16H18O2/c1-12-8-13(2)10-15(9-12)16(17,18)11-14-6-4-3-5-7-14/h3-10,17-18H,11H2,1-2H3. The molecule has 18 heavy (non-hydrogen) atoms. The molecular formula is C16H18O2. The van der Waals surface area contributed by atoms with Crippen LogP contribution in [0.1, 0.15) is 22.3 Å². The van der Waals surface area contributed by atoms with Gasteiger partial charge in [-0.2, -0.15) is 0 Å². The van der Waals surface area contributed by atoms with Gasteiger partial charge >= 0.3 is 0 Å². The Labute approximate surface area is 108 Å². The number of hydrogen-bond donors (Lipinski definition) is 2. The van der Waals surface area contributed by atoms with E-state index in [0.717, 1.165) is 16.7 Å². The summed E-state index contributed by atoms with van der Waals surface area (Å²) in [5, 5.41) is 20.5.